The van der Waals surface area contributed by atoms with Gasteiger partial charge >= 0.3 is 6.09 Å². The number of imide groups is 1. The minimum atomic E-state index is -0.957. The minimum absolute atomic E-state index is 0.0627. The van der Waals surface area contributed by atoms with E-state index in [1.165, 1.54) is 9.80 Å². The third-order valence-corrected chi connectivity index (χ3v) is 4.91. The third kappa shape index (κ3) is 1.55. The Balaban J connectivity index is 1.61. The number of fused-ring (bicyclic) bond motifs is 2. The number of hydrogen-bond donors (Lipinski definition) is 1. The molecule has 3 fully saturated rings. The van der Waals surface area contributed by atoms with Gasteiger partial charge in [0.2, 0.25) is 0 Å². The maximum atomic E-state index is 12.3. The quantitative estimate of drug-likeness (QED) is 0.834. The zero-order chi connectivity index (χ0) is 14.7. The summed E-state index contributed by atoms with van der Waals surface area (Å²) in [6, 6.07) is 6.54. The number of amides is 3. The molecule has 3 aliphatic heterocycles. The van der Waals surface area contributed by atoms with Crippen molar-refractivity contribution in [3.8, 4) is 0 Å². The molecule has 1 aliphatic carbocycles. The molecule has 5 rings (SSSR count). The van der Waals surface area contributed by atoms with Crippen LogP contribution in [0.3, 0.4) is 0 Å². The fraction of sp³-hybridized carbons (Fsp3) is 0.400. The molecule has 2 saturated heterocycles. The summed E-state index contributed by atoms with van der Waals surface area (Å²) in [5.41, 5.74) is 0.824. The van der Waals surface area contributed by atoms with Gasteiger partial charge in [0.15, 0.2) is 0 Å². The van der Waals surface area contributed by atoms with Crippen molar-refractivity contribution in [2.75, 3.05) is 6.54 Å². The van der Waals surface area contributed by atoms with Crippen molar-refractivity contribution in [2.45, 2.75) is 24.9 Å². The van der Waals surface area contributed by atoms with E-state index in [1.807, 2.05) is 0 Å². The van der Waals surface area contributed by atoms with E-state index in [0.717, 1.165) is 12.8 Å². The van der Waals surface area contributed by atoms with Crippen LogP contribution in [0.4, 0.5) is 4.79 Å². The second kappa shape index (κ2) is 4.07. The molecular weight excluding hydrogens is 272 g/mol. The molecule has 6 heteroatoms. The van der Waals surface area contributed by atoms with Gasteiger partial charge in [0.25, 0.3) is 11.8 Å². The first-order valence-electron chi connectivity index (χ1n) is 7.04. The largest absolute Gasteiger partial charge is 0.465 e. The highest BCUT2D eigenvalue weighted by molar-refractivity contribution is 6.21. The van der Waals surface area contributed by atoms with Crippen molar-refractivity contribution in [3.05, 3.63) is 35.4 Å². The van der Waals surface area contributed by atoms with Crippen molar-refractivity contribution in [3.63, 3.8) is 0 Å². The van der Waals surface area contributed by atoms with Crippen LogP contribution in [0.1, 0.15) is 33.6 Å². The zero-order valence-corrected chi connectivity index (χ0v) is 11.2. The highest BCUT2D eigenvalue weighted by atomic mass is 16.4. The summed E-state index contributed by atoms with van der Waals surface area (Å²) in [6.45, 7) is 0.166. The van der Waals surface area contributed by atoms with Gasteiger partial charge in [-0.05, 0) is 30.9 Å². The molecule has 1 aromatic rings. The smallest absolute Gasteiger partial charge is 0.407 e. The van der Waals surface area contributed by atoms with E-state index in [0.29, 0.717) is 11.1 Å². The number of carboxylic acid groups (broad SMARTS) is 1. The molecule has 4 aliphatic rings. The highest BCUT2D eigenvalue weighted by Crippen LogP contribution is 2.46. The first-order chi connectivity index (χ1) is 10.1. The van der Waals surface area contributed by atoms with Gasteiger partial charge < -0.3 is 10.0 Å². The summed E-state index contributed by atoms with van der Waals surface area (Å²) >= 11 is 0. The van der Waals surface area contributed by atoms with E-state index in [9.17, 15) is 19.5 Å². The van der Waals surface area contributed by atoms with Crippen LogP contribution >= 0.6 is 0 Å². The number of nitrogens with zero attached hydrogens (tertiary/aromatic N) is 2. The van der Waals surface area contributed by atoms with Crippen LogP contribution in [0.5, 0.6) is 0 Å². The summed E-state index contributed by atoms with van der Waals surface area (Å²) in [7, 11) is 0. The average Bonchev–Trinajstić information content (AvgIpc) is 3.03. The van der Waals surface area contributed by atoms with Gasteiger partial charge in [-0.1, -0.05) is 12.1 Å². The highest BCUT2D eigenvalue weighted by Gasteiger charge is 2.54. The molecule has 1 aromatic carbocycles. The van der Waals surface area contributed by atoms with E-state index in [4.69, 9.17) is 0 Å². The van der Waals surface area contributed by atoms with Crippen LogP contribution in [0, 0.1) is 5.92 Å². The summed E-state index contributed by atoms with van der Waals surface area (Å²) in [5.74, 6) is -0.356. The molecule has 21 heavy (non-hydrogen) atoms. The van der Waals surface area contributed by atoms with E-state index < -0.39 is 6.09 Å². The van der Waals surface area contributed by atoms with Gasteiger partial charge in [0.1, 0.15) is 0 Å². The average molecular weight is 286 g/mol. The van der Waals surface area contributed by atoms with Gasteiger partial charge in [-0.25, -0.2) is 4.79 Å². The van der Waals surface area contributed by atoms with Gasteiger partial charge in [-0.3, -0.25) is 14.5 Å². The summed E-state index contributed by atoms with van der Waals surface area (Å²) in [6.07, 6.45) is 0.738. The monoisotopic (exact) mass is 286 g/mol. The molecule has 0 radical (unpaired) electrons. The Hall–Kier alpha value is -2.37. The third-order valence-electron chi connectivity index (χ3n) is 4.91. The SMILES string of the molecule is O=C1c2ccccc2C(=O)N1CC1C2CC(C2)N1C(=O)O. The maximum absolute atomic E-state index is 12.3. The predicted octanol–water partition coefficient (Wildman–Crippen LogP) is 1.42. The summed E-state index contributed by atoms with van der Waals surface area (Å²) < 4.78 is 0. The molecule has 1 atom stereocenters. The lowest BCUT2D eigenvalue weighted by molar-refractivity contribution is 0.0601. The van der Waals surface area contributed by atoms with Gasteiger partial charge in [-0.2, -0.15) is 0 Å². The number of benzene rings is 1. The fourth-order valence-electron chi connectivity index (χ4n) is 3.80. The molecule has 1 unspecified atom stereocenters. The first-order valence-corrected chi connectivity index (χ1v) is 7.04. The standard InChI is InChI=1S/C15H14N2O4/c18-13-10-3-1-2-4-11(10)14(19)16(13)7-12-8-5-9(6-8)17(12)15(20)21/h1-4,8-9,12H,5-7H2,(H,20,21). The molecular formula is C15H14N2O4. The lowest BCUT2D eigenvalue weighted by Crippen LogP contribution is -2.45. The second-order valence-corrected chi connectivity index (χ2v) is 5.91. The Labute approximate surface area is 120 Å². The Morgan fingerprint density at radius 1 is 1.14 bits per heavy atom. The topological polar surface area (TPSA) is 77.9 Å². The minimum Gasteiger partial charge on any atom is -0.465 e. The Bertz CT molecular complexity index is 630. The van der Waals surface area contributed by atoms with Gasteiger partial charge in [0, 0.05) is 6.04 Å². The number of carbonyl (C=O) groups is 3. The molecule has 2 bridgehead atoms. The summed E-state index contributed by atoms with van der Waals surface area (Å²) in [4.78, 5) is 38.6. The molecule has 0 spiro atoms. The molecule has 0 aromatic heterocycles. The van der Waals surface area contributed by atoms with Crippen molar-refractivity contribution >= 4 is 17.9 Å². The molecule has 3 amide bonds. The Kier molecular flexibility index (Phi) is 2.40. The normalized spacial score (nSPS) is 29.6. The molecule has 6 nitrogen and oxygen atoms in total. The first kappa shape index (κ1) is 12.4. The van der Waals surface area contributed by atoms with Gasteiger partial charge in [-0.15, -0.1) is 0 Å². The number of carbonyl (C=O) groups excluding carboxylic acids is 2. The lowest BCUT2D eigenvalue weighted by Gasteiger charge is -2.25. The molecule has 1 saturated carbocycles. The van der Waals surface area contributed by atoms with Gasteiger partial charge in [0.05, 0.1) is 23.7 Å². The lowest BCUT2D eigenvalue weighted by atomic mass is 9.83. The van der Waals surface area contributed by atoms with Crippen molar-refractivity contribution < 1.29 is 19.5 Å². The number of rotatable bonds is 2. The van der Waals surface area contributed by atoms with Crippen LogP contribution in [-0.2, 0) is 0 Å². The van der Waals surface area contributed by atoms with Crippen LogP contribution in [-0.4, -0.2) is 51.4 Å². The second-order valence-electron chi connectivity index (χ2n) is 5.91. The molecule has 108 valence electrons. The van der Waals surface area contributed by atoms with E-state index in [1.54, 1.807) is 24.3 Å². The Morgan fingerprint density at radius 2 is 1.71 bits per heavy atom. The maximum Gasteiger partial charge on any atom is 0.407 e. The predicted molar refractivity (Wildman–Crippen MR) is 72.0 cm³/mol. The van der Waals surface area contributed by atoms with Crippen molar-refractivity contribution in [1.29, 1.82) is 0 Å². The van der Waals surface area contributed by atoms with Crippen molar-refractivity contribution in [2.24, 2.45) is 5.92 Å². The van der Waals surface area contributed by atoms with E-state index in [2.05, 4.69) is 0 Å². The Morgan fingerprint density at radius 3 is 2.24 bits per heavy atom. The fourth-order valence-corrected chi connectivity index (χ4v) is 3.80. The van der Waals surface area contributed by atoms with Crippen LogP contribution in [0.25, 0.3) is 0 Å². The number of hydrogen-bond acceptors (Lipinski definition) is 3. The molecule has 1 N–H and O–H groups in total. The van der Waals surface area contributed by atoms with Crippen molar-refractivity contribution in [1.82, 2.24) is 9.80 Å². The van der Waals surface area contributed by atoms with Crippen LogP contribution in [0.15, 0.2) is 24.3 Å². The van der Waals surface area contributed by atoms with E-state index in [-0.39, 0.29) is 36.4 Å². The van der Waals surface area contributed by atoms with Crippen LogP contribution in [0.2, 0.25) is 0 Å². The zero-order valence-electron chi connectivity index (χ0n) is 11.2. The van der Waals surface area contributed by atoms with E-state index >= 15 is 0 Å². The van der Waals surface area contributed by atoms with Crippen LogP contribution < -0.4 is 0 Å². The summed E-state index contributed by atoms with van der Waals surface area (Å²) in [5, 5.41) is 9.30. The molecule has 3 heterocycles.